The molecule has 1 amide bonds. The Morgan fingerprint density at radius 3 is 2.42 bits per heavy atom. The van der Waals surface area contributed by atoms with Crippen LogP contribution in [0.5, 0.6) is 0 Å². The van der Waals surface area contributed by atoms with E-state index in [9.17, 15) is 21.6 Å². The van der Waals surface area contributed by atoms with Gasteiger partial charge in [0, 0.05) is 26.3 Å². The Hall–Kier alpha value is -2.34. The number of benzene rings is 2. The van der Waals surface area contributed by atoms with Gasteiger partial charge >= 0.3 is 0 Å². The minimum Gasteiger partial charge on any atom is -0.383 e. The number of ether oxygens (including phenoxy) is 1. The molecule has 0 radical (unpaired) electrons. The van der Waals surface area contributed by atoms with E-state index < -0.39 is 25.6 Å². The minimum absolute atomic E-state index is 0.160. The number of sulfone groups is 2. The second-order valence-corrected chi connectivity index (χ2v) is 12.0. The van der Waals surface area contributed by atoms with Gasteiger partial charge in [-0.05, 0) is 30.3 Å². The van der Waals surface area contributed by atoms with Crippen LogP contribution in [0.2, 0.25) is 0 Å². The van der Waals surface area contributed by atoms with Crippen molar-refractivity contribution in [3.05, 3.63) is 53.3 Å². The molecule has 0 saturated heterocycles. The maximum atomic E-state index is 12.5. The highest BCUT2D eigenvalue weighted by atomic mass is 32.2. The zero-order valence-corrected chi connectivity index (χ0v) is 19.5. The average Bonchev–Trinajstić information content (AvgIpc) is 3.07. The van der Waals surface area contributed by atoms with E-state index in [1.54, 1.807) is 42.0 Å². The fourth-order valence-corrected chi connectivity index (χ4v) is 5.98. The number of thiazole rings is 1. The van der Waals surface area contributed by atoms with Gasteiger partial charge in [-0.3, -0.25) is 4.79 Å². The van der Waals surface area contributed by atoms with E-state index >= 15 is 0 Å². The largest absolute Gasteiger partial charge is 0.383 e. The van der Waals surface area contributed by atoms with Gasteiger partial charge in [0.2, 0.25) is 5.91 Å². The van der Waals surface area contributed by atoms with Crippen LogP contribution in [-0.2, 0) is 35.8 Å². The molecule has 8 nitrogen and oxygen atoms in total. The lowest BCUT2D eigenvalue weighted by atomic mass is 10.3. The van der Waals surface area contributed by atoms with Crippen molar-refractivity contribution in [2.24, 2.45) is 4.99 Å². The van der Waals surface area contributed by atoms with E-state index in [2.05, 4.69) is 4.99 Å². The quantitative estimate of drug-likeness (QED) is 0.486. The molecule has 0 N–H and O–H groups in total. The molecule has 0 unspecified atom stereocenters. The number of carbonyl (C=O) groups is 1. The molecule has 0 aliphatic carbocycles. The number of rotatable bonds is 8. The number of aromatic nitrogens is 1. The molecule has 0 saturated carbocycles. The number of methoxy groups -OCH3 is 1. The van der Waals surface area contributed by atoms with Crippen molar-refractivity contribution in [2.75, 3.05) is 25.7 Å². The van der Waals surface area contributed by atoms with Crippen LogP contribution in [-0.4, -0.2) is 53.0 Å². The van der Waals surface area contributed by atoms with E-state index in [1.807, 2.05) is 0 Å². The fraction of sp³-hybridized carbons (Fsp3) is 0.300. The van der Waals surface area contributed by atoms with Gasteiger partial charge in [-0.2, -0.15) is 4.99 Å². The summed E-state index contributed by atoms with van der Waals surface area (Å²) in [5.74, 6) is -0.916. The first-order valence-corrected chi connectivity index (χ1v) is 13.7. The van der Waals surface area contributed by atoms with Gasteiger partial charge in [-0.25, -0.2) is 16.8 Å². The molecule has 166 valence electrons. The highest BCUT2D eigenvalue weighted by molar-refractivity contribution is 7.91. The predicted octanol–water partition coefficient (Wildman–Crippen LogP) is 2.04. The molecule has 3 rings (SSSR count). The first-order valence-electron chi connectivity index (χ1n) is 9.29. The van der Waals surface area contributed by atoms with E-state index in [4.69, 9.17) is 4.74 Å². The van der Waals surface area contributed by atoms with Crippen molar-refractivity contribution in [1.29, 1.82) is 0 Å². The highest BCUT2D eigenvalue weighted by Crippen LogP contribution is 2.22. The smallest absolute Gasteiger partial charge is 0.249 e. The number of fused-ring (bicyclic) bond motifs is 1. The van der Waals surface area contributed by atoms with Crippen LogP contribution in [0.15, 0.2) is 63.3 Å². The number of hydrogen-bond donors (Lipinski definition) is 0. The summed E-state index contributed by atoms with van der Waals surface area (Å²) in [6, 6.07) is 12.7. The summed E-state index contributed by atoms with van der Waals surface area (Å²) >= 11 is 1.17. The molecular formula is C20H22N2O6S3. The summed E-state index contributed by atoms with van der Waals surface area (Å²) in [5.41, 5.74) is 0.720. The van der Waals surface area contributed by atoms with Gasteiger partial charge < -0.3 is 9.30 Å². The molecule has 0 fully saturated rings. The van der Waals surface area contributed by atoms with Crippen molar-refractivity contribution >= 4 is 47.1 Å². The van der Waals surface area contributed by atoms with Gasteiger partial charge in [-0.15, -0.1) is 0 Å². The molecule has 11 heteroatoms. The van der Waals surface area contributed by atoms with Gasteiger partial charge in [-0.1, -0.05) is 29.5 Å². The Kier molecular flexibility index (Phi) is 7.10. The van der Waals surface area contributed by atoms with Gasteiger partial charge in [0.25, 0.3) is 0 Å². The lowest BCUT2D eigenvalue weighted by Gasteiger charge is -2.05. The van der Waals surface area contributed by atoms with E-state index in [1.165, 1.54) is 29.5 Å². The maximum absolute atomic E-state index is 12.5. The summed E-state index contributed by atoms with van der Waals surface area (Å²) in [6.45, 7) is 0.770. The van der Waals surface area contributed by atoms with E-state index in [0.717, 1.165) is 11.8 Å². The summed E-state index contributed by atoms with van der Waals surface area (Å²) in [5, 5.41) is 0. The third-order valence-corrected chi connectivity index (χ3v) is 8.39. The van der Waals surface area contributed by atoms with Gasteiger partial charge in [0.1, 0.15) is 0 Å². The lowest BCUT2D eigenvalue weighted by Crippen LogP contribution is -2.20. The number of hydrogen-bond acceptors (Lipinski definition) is 7. The molecule has 1 aromatic heterocycles. The Balaban J connectivity index is 1.93. The Morgan fingerprint density at radius 2 is 1.77 bits per heavy atom. The first kappa shape index (κ1) is 23.3. The normalized spacial score (nSPS) is 13.0. The number of amides is 1. The van der Waals surface area contributed by atoms with Crippen molar-refractivity contribution in [3.8, 4) is 0 Å². The van der Waals surface area contributed by atoms with Crippen LogP contribution in [0, 0.1) is 0 Å². The SMILES string of the molecule is COCCn1c(=NC(=O)CCS(=O)(=O)c2ccccc2)sc2cc(S(C)(=O)=O)ccc21. The summed E-state index contributed by atoms with van der Waals surface area (Å²) in [4.78, 5) is 17.3. The molecule has 2 aromatic carbocycles. The Bertz CT molecular complexity index is 1370. The second-order valence-electron chi connectivity index (χ2n) is 6.82. The lowest BCUT2D eigenvalue weighted by molar-refractivity contribution is -0.117. The van der Waals surface area contributed by atoms with Crippen molar-refractivity contribution in [2.45, 2.75) is 22.8 Å². The molecular weight excluding hydrogens is 460 g/mol. The van der Waals surface area contributed by atoms with Gasteiger partial charge in [0.05, 0.1) is 32.4 Å². The Morgan fingerprint density at radius 1 is 1.06 bits per heavy atom. The zero-order chi connectivity index (χ0) is 22.6. The average molecular weight is 483 g/mol. The highest BCUT2D eigenvalue weighted by Gasteiger charge is 2.17. The van der Waals surface area contributed by atoms with E-state index in [0.29, 0.717) is 22.7 Å². The molecule has 3 aromatic rings. The molecule has 31 heavy (non-hydrogen) atoms. The second kappa shape index (κ2) is 9.43. The van der Waals surface area contributed by atoms with Crippen LogP contribution in [0.3, 0.4) is 0 Å². The van der Waals surface area contributed by atoms with E-state index in [-0.39, 0.29) is 22.0 Å². The molecule has 0 spiro atoms. The van der Waals surface area contributed by atoms with Crippen molar-refractivity contribution < 1.29 is 26.4 Å². The molecule has 0 atom stereocenters. The molecule has 0 aliphatic heterocycles. The molecule has 0 bridgehead atoms. The number of nitrogens with zero attached hydrogens (tertiary/aromatic N) is 2. The van der Waals surface area contributed by atoms with Crippen LogP contribution >= 0.6 is 11.3 Å². The van der Waals surface area contributed by atoms with Crippen LogP contribution in [0.25, 0.3) is 10.2 Å². The fourth-order valence-electron chi connectivity index (χ4n) is 2.90. The van der Waals surface area contributed by atoms with Crippen LogP contribution < -0.4 is 4.80 Å². The van der Waals surface area contributed by atoms with Crippen molar-refractivity contribution in [3.63, 3.8) is 0 Å². The topological polar surface area (TPSA) is 112 Å². The van der Waals surface area contributed by atoms with Crippen LogP contribution in [0.4, 0.5) is 0 Å². The standard InChI is InChI=1S/C20H22N2O6S3/c1-28-12-11-22-17-9-8-16(30(2,24)25)14-18(17)29-20(22)21-19(23)10-13-31(26,27)15-6-4-3-5-7-15/h3-9,14H,10-13H2,1-2H3. The van der Waals surface area contributed by atoms with Crippen molar-refractivity contribution in [1.82, 2.24) is 4.57 Å². The first-order chi connectivity index (χ1) is 14.6. The third kappa shape index (κ3) is 5.67. The summed E-state index contributed by atoms with van der Waals surface area (Å²) in [6.07, 6.45) is 0.868. The number of carbonyl (C=O) groups excluding carboxylic acids is 1. The summed E-state index contributed by atoms with van der Waals surface area (Å²) < 4.78 is 56.1. The van der Waals surface area contributed by atoms with Gasteiger partial charge in [0.15, 0.2) is 24.5 Å². The Labute approximate surface area is 184 Å². The van der Waals surface area contributed by atoms with Crippen LogP contribution in [0.1, 0.15) is 6.42 Å². The monoisotopic (exact) mass is 482 g/mol. The summed E-state index contributed by atoms with van der Waals surface area (Å²) in [7, 11) is -5.42. The maximum Gasteiger partial charge on any atom is 0.249 e. The predicted molar refractivity (Wildman–Crippen MR) is 118 cm³/mol. The third-order valence-electron chi connectivity index (χ3n) is 4.51. The molecule has 1 heterocycles. The zero-order valence-electron chi connectivity index (χ0n) is 17.0. The minimum atomic E-state index is -3.59. The molecule has 0 aliphatic rings.